The lowest BCUT2D eigenvalue weighted by Gasteiger charge is -2.31. The highest BCUT2D eigenvalue weighted by Gasteiger charge is 2.30. The van der Waals surface area contributed by atoms with E-state index < -0.39 is 0 Å². The number of hydrogen-bond donors (Lipinski definition) is 0. The molecule has 19 heavy (non-hydrogen) atoms. The molecule has 0 bridgehead atoms. The van der Waals surface area contributed by atoms with Gasteiger partial charge in [0, 0.05) is 19.6 Å². The third kappa shape index (κ3) is 2.86. The van der Waals surface area contributed by atoms with Gasteiger partial charge in [-0.3, -0.25) is 4.79 Å². The van der Waals surface area contributed by atoms with Crippen LogP contribution in [0, 0.1) is 5.92 Å². The van der Waals surface area contributed by atoms with Gasteiger partial charge in [-0.25, -0.2) is 4.68 Å². The van der Waals surface area contributed by atoms with Gasteiger partial charge in [-0.05, 0) is 41.1 Å². The quantitative estimate of drug-likeness (QED) is 0.853. The van der Waals surface area contributed by atoms with Crippen molar-refractivity contribution >= 4 is 21.6 Å². The number of nitrogens with zero attached hydrogens (tertiary/aromatic N) is 3. The molecule has 2 rings (SSSR count). The first kappa shape index (κ1) is 14.6. The Kier molecular flexibility index (Phi) is 4.66. The van der Waals surface area contributed by atoms with E-state index in [-0.39, 0.29) is 5.56 Å². The maximum absolute atomic E-state index is 12.0. The van der Waals surface area contributed by atoms with Gasteiger partial charge in [-0.15, -0.1) is 0 Å². The Morgan fingerprint density at radius 2 is 2.32 bits per heavy atom. The Morgan fingerprint density at radius 1 is 1.58 bits per heavy atom. The Morgan fingerprint density at radius 3 is 3.00 bits per heavy atom. The fraction of sp³-hybridized carbons (Fsp3) is 0.714. The van der Waals surface area contributed by atoms with Crippen molar-refractivity contribution in [3.8, 4) is 0 Å². The molecule has 2 unspecified atom stereocenters. The minimum absolute atomic E-state index is 0.0636. The van der Waals surface area contributed by atoms with Gasteiger partial charge in [0.25, 0.3) is 5.56 Å². The Labute approximate surface area is 122 Å². The molecule has 2 heterocycles. The Hall–Kier alpha value is -0.840. The lowest BCUT2D eigenvalue weighted by Crippen LogP contribution is -2.36. The monoisotopic (exact) mass is 327 g/mol. The molecule has 4 nitrogen and oxygen atoms in total. The molecular weight excluding hydrogens is 306 g/mol. The molecule has 106 valence electrons. The maximum Gasteiger partial charge on any atom is 0.282 e. The van der Waals surface area contributed by atoms with Gasteiger partial charge in [0.15, 0.2) is 0 Å². The molecule has 1 aliphatic rings. The average Bonchev–Trinajstić information content (AvgIpc) is 2.85. The van der Waals surface area contributed by atoms with Crippen molar-refractivity contribution in [3.05, 3.63) is 21.0 Å². The van der Waals surface area contributed by atoms with Crippen LogP contribution in [0.25, 0.3) is 0 Å². The Balaban J connectivity index is 2.30. The molecule has 2 atom stereocenters. The van der Waals surface area contributed by atoms with Gasteiger partial charge in [-0.2, -0.15) is 5.10 Å². The van der Waals surface area contributed by atoms with Crippen LogP contribution in [-0.4, -0.2) is 22.4 Å². The van der Waals surface area contributed by atoms with Crippen molar-refractivity contribution in [2.24, 2.45) is 13.0 Å². The van der Waals surface area contributed by atoms with Crippen LogP contribution in [0.4, 0.5) is 5.69 Å². The minimum Gasteiger partial charge on any atom is -0.366 e. The van der Waals surface area contributed by atoms with E-state index in [1.807, 2.05) is 6.20 Å². The normalized spacial score (nSPS) is 20.8. The maximum atomic E-state index is 12.0. The predicted molar refractivity (Wildman–Crippen MR) is 81.6 cm³/mol. The van der Waals surface area contributed by atoms with Crippen molar-refractivity contribution in [1.82, 2.24) is 9.78 Å². The van der Waals surface area contributed by atoms with Gasteiger partial charge in [0.05, 0.1) is 11.9 Å². The van der Waals surface area contributed by atoms with E-state index in [0.717, 1.165) is 12.2 Å². The zero-order chi connectivity index (χ0) is 14.0. The highest BCUT2D eigenvalue weighted by Crippen LogP contribution is 2.33. The van der Waals surface area contributed by atoms with Gasteiger partial charge < -0.3 is 4.90 Å². The van der Waals surface area contributed by atoms with Crippen molar-refractivity contribution in [1.29, 1.82) is 0 Å². The fourth-order valence-corrected chi connectivity index (χ4v) is 3.62. The lowest BCUT2D eigenvalue weighted by atomic mass is 9.95. The second-order valence-electron chi connectivity index (χ2n) is 5.44. The van der Waals surface area contributed by atoms with E-state index in [1.54, 1.807) is 7.05 Å². The van der Waals surface area contributed by atoms with Crippen LogP contribution < -0.4 is 10.5 Å². The molecule has 0 radical (unpaired) electrons. The second kappa shape index (κ2) is 6.07. The summed E-state index contributed by atoms with van der Waals surface area (Å²) < 4.78 is 2.01. The van der Waals surface area contributed by atoms with E-state index in [4.69, 9.17) is 0 Å². The van der Waals surface area contributed by atoms with Gasteiger partial charge in [0.1, 0.15) is 4.47 Å². The summed E-state index contributed by atoms with van der Waals surface area (Å²) in [5.41, 5.74) is 0.889. The molecule has 0 spiro atoms. The number of rotatable bonds is 4. The molecule has 0 aliphatic carbocycles. The first-order chi connectivity index (χ1) is 9.06. The van der Waals surface area contributed by atoms with Gasteiger partial charge >= 0.3 is 0 Å². The number of halogens is 1. The number of anilines is 1. The summed E-state index contributed by atoms with van der Waals surface area (Å²) in [7, 11) is 1.68. The standard InChI is InChI=1S/C14H22BrN3O/c1-4-6-10(2)11-7-5-8-18(11)12-9-16-17(3)14(19)13(12)15/h9-11H,4-8H2,1-3H3. The molecule has 0 aromatic carbocycles. The smallest absolute Gasteiger partial charge is 0.282 e. The number of aryl methyl sites for hydroxylation is 1. The van der Waals surface area contributed by atoms with Gasteiger partial charge in [0.2, 0.25) is 0 Å². The number of aromatic nitrogens is 2. The molecule has 0 amide bonds. The highest BCUT2D eigenvalue weighted by molar-refractivity contribution is 9.10. The summed E-state index contributed by atoms with van der Waals surface area (Å²) >= 11 is 3.44. The average molecular weight is 328 g/mol. The van der Waals surface area contributed by atoms with E-state index in [0.29, 0.717) is 16.4 Å². The summed E-state index contributed by atoms with van der Waals surface area (Å²) in [6, 6.07) is 0.533. The van der Waals surface area contributed by atoms with E-state index in [1.165, 1.54) is 30.4 Å². The van der Waals surface area contributed by atoms with Crippen LogP contribution in [0.1, 0.15) is 39.5 Å². The fourth-order valence-electron chi connectivity index (χ4n) is 3.03. The summed E-state index contributed by atoms with van der Waals surface area (Å²) in [6.07, 6.45) is 6.66. The molecule has 1 aromatic heterocycles. The zero-order valence-electron chi connectivity index (χ0n) is 11.9. The molecule has 0 saturated carbocycles. The Bertz CT molecular complexity index is 500. The first-order valence-corrected chi connectivity index (χ1v) is 7.84. The zero-order valence-corrected chi connectivity index (χ0v) is 13.5. The van der Waals surface area contributed by atoms with Crippen molar-refractivity contribution in [2.45, 2.75) is 45.6 Å². The summed E-state index contributed by atoms with van der Waals surface area (Å²) in [5, 5.41) is 4.16. The van der Waals surface area contributed by atoms with Crippen LogP contribution in [0.5, 0.6) is 0 Å². The van der Waals surface area contributed by atoms with Crippen molar-refractivity contribution in [3.63, 3.8) is 0 Å². The largest absolute Gasteiger partial charge is 0.366 e. The van der Waals surface area contributed by atoms with Crippen molar-refractivity contribution in [2.75, 3.05) is 11.4 Å². The van der Waals surface area contributed by atoms with Gasteiger partial charge in [-0.1, -0.05) is 20.3 Å². The van der Waals surface area contributed by atoms with Crippen LogP contribution >= 0.6 is 15.9 Å². The third-order valence-electron chi connectivity index (χ3n) is 4.07. The lowest BCUT2D eigenvalue weighted by molar-refractivity contribution is 0.420. The molecule has 1 saturated heterocycles. The highest BCUT2D eigenvalue weighted by atomic mass is 79.9. The van der Waals surface area contributed by atoms with Crippen LogP contribution in [0.15, 0.2) is 15.5 Å². The molecular formula is C14H22BrN3O. The SMILES string of the molecule is CCCC(C)C1CCCN1c1cnn(C)c(=O)c1Br. The second-order valence-corrected chi connectivity index (χ2v) is 6.23. The van der Waals surface area contributed by atoms with Crippen LogP contribution in [0.2, 0.25) is 0 Å². The van der Waals surface area contributed by atoms with Crippen molar-refractivity contribution < 1.29 is 0 Å². The third-order valence-corrected chi connectivity index (χ3v) is 4.81. The molecule has 1 aromatic rings. The molecule has 1 fully saturated rings. The summed E-state index contributed by atoms with van der Waals surface area (Å²) in [4.78, 5) is 14.3. The van der Waals surface area contributed by atoms with E-state index in [9.17, 15) is 4.79 Å². The predicted octanol–water partition coefficient (Wildman–Crippen LogP) is 2.95. The molecule has 0 N–H and O–H groups in total. The minimum atomic E-state index is -0.0636. The van der Waals surface area contributed by atoms with E-state index in [2.05, 4.69) is 39.8 Å². The number of hydrogen-bond acceptors (Lipinski definition) is 3. The van der Waals surface area contributed by atoms with E-state index >= 15 is 0 Å². The topological polar surface area (TPSA) is 38.1 Å². The summed E-state index contributed by atoms with van der Waals surface area (Å²) in [5.74, 6) is 0.656. The van der Waals surface area contributed by atoms with Crippen LogP contribution in [0.3, 0.4) is 0 Å². The summed E-state index contributed by atoms with van der Waals surface area (Å²) in [6.45, 7) is 5.56. The molecule has 1 aliphatic heterocycles. The van der Waals surface area contributed by atoms with Crippen LogP contribution in [-0.2, 0) is 7.05 Å². The first-order valence-electron chi connectivity index (χ1n) is 7.04. The molecule has 5 heteroatoms.